The van der Waals surface area contributed by atoms with Gasteiger partial charge < -0.3 is 5.32 Å². The minimum Gasteiger partial charge on any atom is -0.335 e. The summed E-state index contributed by atoms with van der Waals surface area (Å²) in [4.78, 5) is 4.83. The summed E-state index contributed by atoms with van der Waals surface area (Å²) in [5.41, 5.74) is 2.33. The van der Waals surface area contributed by atoms with Crippen LogP contribution in [0.4, 0.5) is 5.69 Å². The Labute approximate surface area is 125 Å². The Bertz CT molecular complexity index is 491. The van der Waals surface area contributed by atoms with Gasteiger partial charge in [-0.1, -0.05) is 50.2 Å². The molecular weight excluding hydrogens is 276 g/mol. The summed E-state index contributed by atoms with van der Waals surface area (Å²) in [6, 6.07) is 6.42. The van der Waals surface area contributed by atoms with E-state index >= 15 is 0 Å². The Morgan fingerprint density at radius 1 is 1.37 bits per heavy atom. The molecule has 1 aliphatic rings. The predicted molar refractivity (Wildman–Crippen MR) is 87.6 cm³/mol. The molecule has 0 aliphatic carbocycles. The van der Waals surface area contributed by atoms with E-state index in [1.807, 2.05) is 25.1 Å². The van der Waals surface area contributed by atoms with Gasteiger partial charge in [0.25, 0.3) is 0 Å². The van der Waals surface area contributed by atoms with Crippen molar-refractivity contribution >= 4 is 34.2 Å². The maximum Gasteiger partial charge on any atom is 0.161 e. The van der Waals surface area contributed by atoms with E-state index in [1.54, 1.807) is 11.8 Å². The van der Waals surface area contributed by atoms with Crippen LogP contribution in [0, 0.1) is 12.3 Å². The van der Waals surface area contributed by atoms with Crippen molar-refractivity contribution in [2.75, 3.05) is 11.1 Å². The van der Waals surface area contributed by atoms with E-state index in [4.69, 9.17) is 16.6 Å². The molecular formula is C15H21ClN2S. The van der Waals surface area contributed by atoms with E-state index in [-0.39, 0.29) is 5.41 Å². The van der Waals surface area contributed by atoms with E-state index in [2.05, 4.69) is 26.1 Å². The smallest absolute Gasteiger partial charge is 0.161 e. The number of hydrogen-bond acceptors (Lipinski definition) is 3. The average molecular weight is 297 g/mol. The summed E-state index contributed by atoms with van der Waals surface area (Å²) in [6.07, 6.45) is 1.15. The third-order valence-electron chi connectivity index (χ3n) is 3.33. The van der Waals surface area contributed by atoms with Crippen LogP contribution in [0.15, 0.2) is 23.2 Å². The maximum atomic E-state index is 6.15. The zero-order valence-electron chi connectivity index (χ0n) is 12.0. The molecule has 0 aromatic heterocycles. The zero-order chi connectivity index (χ0) is 14.0. The van der Waals surface area contributed by atoms with Crippen molar-refractivity contribution in [2.45, 2.75) is 40.2 Å². The molecule has 19 heavy (non-hydrogen) atoms. The van der Waals surface area contributed by atoms with Crippen LogP contribution in [0.3, 0.4) is 0 Å². The number of halogens is 1. The summed E-state index contributed by atoms with van der Waals surface area (Å²) in [6.45, 7) is 8.75. The second-order valence-electron chi connectivity index (χ2n) is 6.04. The first-order valence-electron chi connectivity index (χ1n) is 6.60. The first kappa shape index (κ1) is 14.7. The quantitative estimate of drug-likeness (QED) is 0.791. The van der Waals surface area contributed by atoms with Crippen LogP contribution < -0.4 is 5.32 Å². The van der Waals surface area contributed by atoms with Crippen molar-refractivity contribution in [3.05, 3.63) is 28.8 Å². The van der Waals surface area contributed by atoms with Crippen LogP contribution in [0.1, 0.15) is 32.8 Å². The first-order chi connectivity index (χ1) is 8.86. The van der Waals surface area contributed by atoms with Gasteiger partial charge in [-0.2, -0.15) is 0 Å². The van der Waals surface area contributed by atoms with E-state index in [0.29, 0.717) is 6.04 Å². The van der Waals surface area contributed by atoms with Crippen molar-refractivity contribution in [1.29, 1.82) is 0 Å². The molecule has 0 saturated heterocycles. The third kappa shape index (κ3) is 3.90. The summed E-state index contributed by atoms with van der Waals surface area (Å²) < 4.78 is 0. The number of aliphatic imine (C=N–C) groups is 1. The molecule has 0 spiro atoms. The highest BCUT2D eigenvalue weighted by Gasteiger charge is 2.27. The lowest BCUT2D eigenvalue weighted by Gasteiger charge is -2.31. The predicted octanol–water partition coefficient (Wildman–Crippen LogP) is 4.97. The van der Waals surface area contributed by atoms with Crippen LogP contribution in [0.5, 0.6) is 0 Å². The van der Waals surface area contributed by atoms with Crippen molar-refractivity contribution in [1.82, 2.24) is 0 Å². The highest BCUT2D eigenvalue weighted by molar-refractivity contribution is 8.14. The van der Waals surface area contributed by atoms with Gasteiger partial charge in [-0.25, -0.2) is 0 Å². The van der Waals surface area contributed by atoms with Gasteiger partial charge in [-0.15, -0.1) is 0 Å². The van der Waals surface area contributed by atoms with E-state index in [0.717, 1.165) is 33.6 Å². The van der Waals surface area contributed by atoms with Crippen LogP contribution in [-0.2, 0) is 0 Å². The fourth-order valence-corrected chi connectivity index (χ4v) is 3.11. The lowest BCUT2D eigenvalue weighted by Crippen LogP contribution is -2.30. The molecule has 1 aromatic rings. The molecule has 1 aromatic carbocycles. The van der Waals surface area contributed by atoms with Gasteiger partial charge in [-0.3, -0.25) is 4.99 Å². The number of aryl methyl sites for hydroxylation is 1. The number of nitrogens with one attached hydrogen (secondary N) is 1. The molecule has 104 valence electrons. The van der Waals surface area contributed by atoms with Crippen molar-refractivity contribution in [2.24, 2.45) is 10.4 Å². The van der Waals surface area contributed by atoms with Crippen molar-refractivity contribution < 1.29 is 0 Å². The fraction of sp³-hybridized carbons (Fsp3) is 0.533. The largest absolute Gasteiger partial charge is 0.335 e. The van der Waals surface area contributed by atoms with Crippen LogP contribution in [0.25, 0.3) is 0 Å². The van der Waals surface area contributed by atoms with E-state index in [1.165, 1.54) is 0 Å². The van der Waals surface area contributed by atoms with Crippen LogP contribution in [-0.4, -0.2) is 17.0 Å². The number of nitrogens with zero attached hydrogens (tertiary/aromatic N) is 1. The summed E-state index contributed by atoms with van der Waals surface area (Å²) >= 11 is 7.93. The second-order valence-corrected chi connectivity index (χ2v) is 7.53. The standard InChI is InChI=1S/C15H21ClN2S/c1-10-5-6-11(9-12(10)16)17-14-18-13(7-8-19-14)15(2,3)4/h5-6,9,13H,7-8H2,1-4H3,(H,17,18). The molecule has 1 heterocycles. The van der Waals surface area contributed by atoms with Crippen molar-refractivity contribution in [3.8, 4) is 0 Å². The van der Waals surface area contributed by atoms with Gasteiger partial charge >= 0.3 is 0 Å². The molecule has 0 fully saturated rings. The fourth-order valence-electron chi connectivity index (χ4n) is 2.00. The minimum atomic E-state index is 0.221. The highest BCUT2D eigenvalue weighted by atomic mass is 35.5. The number of amidine groups is 1. The molecule has 1 unspecified atom stereocenters. The lowest BCUT2D eigenvalue weighted by atomic mass is 9.85. The van der Waals surface area contributed by atoms with Gasteiger partial charge in [0.15, 0.2) is 5.17 Å². The van der Waals surface area contributed by atoms with Gasteiger partial charge in [0.05, 0.1) is 6.04 Å². The topological polar surface area (TPSA) is 24.4 Å². The SMILES string of the molecule is Cc1ccc(NC2=NC(C(C)(C)C)CCS2)cc1Cl. The lowest BCUT2D eigenvalue weighted by molar-refractivity contribution is 0.316. The molecule has 0 radical (unpaired) electrons. The summed E-state index contributed by atoms with van der Waals surface area (Å²) in [5.74, 6) is 1.12. The average Bonchev–Trinajstić information content (AvgIpc) is 2.33. The molecule has 0 bridgehead atoms. The van der Waals surface area contributed by atoms with Gasteiger partial charge in [0.2, 0.25) is 0 Å². The Kier molecular flexibility index (Phi) is 4.46. The third-order valence-corrected chi connectivity index (χ3v) is 4.65. The van der Waals surface area contributed by atoms with Crippen molar-refractivity contribution in [3.63, 3.8) is 0 Å². The van der Waals surface area contributed by atoms with Gasteiger partial charge in [0.1, 0.15) is 0 Å². The summed E-state index contributed by atoms with van der Waals surface area (Å²) in [5, 5.41) is 5.18. The molecule has 1 N–H and O–H groups in total. The number of thioether (sulfide) groups is 1. The van der Waals surface area contributed by atoms with Crippen LogP contribution in [0.2, 0.25) is 5.02 Å². The first-order valence-corrected chi connectivity index (χ1v) is 7.96. The Balaban J connectivity index is 2.14. The molecule has 0 amide bonds. The molecule has 2 rings (SSSR count). The molecule has 1 aliphatic heterocycles. The second kappa shape index (κ2) is 5.76. The Hall–Kier alpha value is -0.670. The molecule has 0 saturated carbocycles. The zero-order valence-corrected chi connectivity index (χ0v) is 13.5. The molecule has 1 atom stereocenters. The Morgan fingerprint density at radius 3 is 2.74 bits per heavy atom. The monoisotopic (exact) mass is 296 g/mol. The number of hydrogen-bond donors (Lipinski definition) is 1. The molecule has 2 nitrogen and oxygen atoms in total. The van der Waals surface area contributed by atoms with E-state index in [9.17, 15) is 0 Å². The normalized spacial score (nSPS) is 20.1. The van der Waals surface area contributed by atoms with E-state index < -0.39 is 0 Å². The number of benzene rings is 1. The number of rotatable bonds is 1. The summed E-state index contributed by atoms with van der Waals surface area (Å²) in [7, 11) is 0. The minimum absolute atomic E-state index is 0.221. The van der Waals surface area contributed by atoms with Crippen LogP contribution >= 0.6 is 23.4 Å². The molecule has 4 heteroatoms. The number of anilines is 1. The Morgan fingerprint density at radius 2 is 2.11 bits per heavy atom. The maximum absolute atomic E-state index is 6.15. The van der Waals surface area contributed by atoms with Gasteiger partial charge in [-0.05, 0) is 36.5 Å². The highest BCUT2D eigenvalue weighted by Crippen LogP contribution is 2.31. The van der Waals surface area contributed by atoms with Gasteiger partial charge in [0, 0.05) is 16.5 Å².